The van der Waals surface area contributed by atoms with E-state index in [9.17, 15) is 14.3 Å². The Morgan fingerprint density at radius 3 is 2.52 bits per heavy atom. The van der Waals surface area contributed by atoms with Crippen molar-refractivity contribution in [2.45, 2.75) is 31.8 Å². The zero-order valence-corrected chi connectivity index (χ0v) is 14.2. The maximum Gasteiger partial charge on any atom is 0.248 e. The second kappa shape index (κ2) is 8.22. The molecule has 1 aliphatic carbocycles. The summed E-state index contributed by atoms with van der Waals surface area (Å²) in [5.41, 5.74) is 7.93. The van der Waals surface area contributed by atoms with Crippen molar-refractivity contribution in [1.29, 1.82) is 0 Å². The normalized spacial score (nSPS) is 16.6. The maximum atomic E-state index is 12.2. The van der Waals surface area contributed by atoms with Crippen LogP contribution in [0.25, 0.3) is 0 Å². The number of primary amides is 1. The van der Waals surface area contributed by atoms with Crippen molar-refractivity contribution in [1.82, 2.24) is 0 Å². The molecule has 0 saturated carbocycles. The highest BCUT2D eigenvalue weighted by Gasteiger charge is 2.14. The number of nitrogens with two attached hydrogens (primary N) is 1. The van der Waals surface area contributed by atoms with Gasteiger partial charge < -0.3 is 10.8 Å². The van der Waals surface area contributed by atoms with Crippen LogP contribution in [0.1, 0.15) is 34.3 Å². The van der Waals surface area contributed by atoms with Crippen LogP contribution in [0.15, 0.2) is 46.9 Å². The molecule has 5 heteroatoms. The van der Waals surface area contributed by atoms with E-state index in [2.05, 4.69) is 34.1 Å². The van der Waals surface area contributed by atoms with Gasteiger partial charge in [-0.1, -0.05) is 22.0 Å². The van der Waals surface area contributed by atoms with E-state index in [1.165, 1.54) is 35.4 Å². The zero-order valence-electron chi connectivity index (χ0n) is 12.6. The highest BCUT2D eigenvalue weighted by atomic mass is 79.9. The summed E-state index contributed by atoms with van der Waals surface area (Å²) in [5, 5.41) is 9.61. The molecular weight excluding hydrogens is 361 g/mol. The molecule has 0 heterocycles. The van der Waals surface area contributed by atoms with Crippen LogP contribution in [-0.2, 0) is 12.8 Å². The van der Waals surface area contributed by atoms with E-state index in [1.807, 2.05) is 0 Å². The fourth-order valence-corrected chi connectivity index (χ4v) is 2.94. The minimum absolute atomic E-state index is 0.143. The number of aliphatic hydroxyl groups excluding tert-OH is 1. The SMILES string of the molecule is NC(=O)c1ccc(F)cc1.OC1CCCc2ccc(Br)cc2C1. The predicted octanol–water partition coefficient (Wildman–Crippen LogP) is 3.61. The van der Waals surface area contributed by atoms with Crippen LogP contribution in [0, 0.1) is 5.82 Å². The van der Waals surface area contributed by atoms with Crippen molar-refractivity contribution in [3.8, 4) is 0 Å². The Hall–Kier alpha value is -1.72. The van der Waals surface area contributed by atoms with Gasteiger partial charge in [0.15, 0.2) is 0 Å². The number of carbonyl (C=O) groups is 1. The Labute approximate surface area is 143 Å². The van der Waals surface area contributed by atoms with Gasteiger partial charge in [0.25, 0.3) is 0 Å². The Kier molecular flexibility index (Phi) is 6.30. The predicted molar refractivity (Wildman–Crippen MR) is 91.7 cm³/mol. The molecule has 1 atom stereocenters. The quantitative estimate of drug-likeness (QED) is 0.743. The highest BCUT2D eigenvalue weighted by Crippen LogP contribution is 2.23. The summed E-state index contributed by atoms with van der Waals surface area (Å²) >= 11 is 3.45. The maximum absolute atomic E-state index is 12.2. The molecule has 2 aromatic carbocycles. The van der Waals surface area contributed by atoms with Gasteiger partial charge >= 0.3 is 0 Å². The molecule has 0 aromatic heterocycles. The Morgan fingerprint density at radius 1 is 1.17 bits per heavy atom. The molecule has 3 N–H and O–H groups in total. The van der Waals surface area contributed by atoms with Crippen molar-refractivity contribution in [2.75, 3.05) is 0 Å². The van der Waals surface area contributed by atoms with Gasteiger partial charge in [0, 0.05) is 10.0 Å². The number of carbonyl (C=O) groups excluding carboxylic acids is 1. The molecule has 1 aliphatic rings. The monoisotopic (exact) mass is 379 g/mol. The molecule has 0 aliphatic heterocycles. The Balaban J connectivity index is 0.000000174. The molecule has 1 unspecified atom stereocenters. The minimum Gasteiger partial charge on any atom is -0.393 e. The van der Waals surface area contributed by atoms with Crippen molar-refractivity contribution < 1.29 is 14.3 Å². The van der Waals surface area contributed by atoms with Gasteiger partial charge in [0.2, 0.25) is 5.91 Å². The lowest BCUT2D eigenvalue weighted by molar-refractivity contribution is 0.1000. The third-order valence-corrected chi connectivity index (χ3v) is 4.23. The van der Waals surface area contributed by atoms with Crippen molar-refractivity contribution >= 4 is 21.8 Å². The number of fused-ring (bicyclic) bond motifs is 1. The first-order chi connectivity index (χ1) is 11.0. The molecule has 0 spiro atoms. The number of hydrogen-bond donors (Lipinski definition) is 2. The summed E-state index contributed by atoms with van der Waals surface area (Å²) in [6.07, 6.45) is 3.83. The molecule has 3 nitrogen and oxygen atoms in total. The third-order valence-electron chi connectivity index (χ3n) is 3.74. The lowest BCUT2D eigenvalue weighted by atomic mass is 10.0. The zero-order chi connectivity index (χ0) is 16.8. The molecule has 0 radical (unpaired) electrons. The summed E-state index contributed by atoms with van der Waals surface area (Å²) in [6.45, 7) is 0. The summed E-state index contributed by atoms with van der Waals surface area (Å²) < 4.78 is 13.3. The molecule has 122 valence electrons. The first kappa shape index (κ1) is 17.6. The van der Waals surface area contributed by atoms with Crippen LogP contribution in [0.3, 0.4) is 0 Å². The van der Waals surface area contributed by atoms with Crippen LogP contribution in [0.2, 0.25) is 0 Å². The van der Waals surface area contributed by atoms with Gasteiger partial charge in [-0.15, -0.1) is 0 Å². The minimum atomic E-state index is -0.542. The van der Waals surface area contributed by atoms with E-state index in [1.54, 1.807) is 0 Å². The molecule has 1 amide bonds. The van der Waals surface area contributed by atoms with Crippen LogP contribution in [-0.4, -0.2) is 17.1 Å². The second-order valence-corrected chi connectivity index (χ2v) is 6.45. The van der Waals surface area contributed by atoms with Crippen LogP contribution in [0.4, 0.5) is 4.39 Å². The van der Waals surface area contributed by atoms with Gasteiger partial charge in [0.05, 0.1) is 6.10 Å². The standard InChI is InChI=1S/C11H13BrO.C7H6FNO/c12-10-5-4-8-2-1-3-11(13)7-9(8)6-10;8-6-3-1-5(2-4-6)7(9)10/h4-6,11,13H,1-3,7H2;1-4H,(H2,9,10). The van der Waals surface area contributed by atoms with E-state index < -0.39 is 5.91 Å². The molecule has 0 saturated heterocycles. The van der Waals surface area contributed by atoms with Crippen molar-refractivity contribution in [2.24, 2.45) is 5.73 Å². The average molecular weight is 380 g/mol. The summed E-state index contributed by atoms with van der Waals surface area (Å²) in [5.74, 6) is -0.912. The Bertz CT molecular complexity index is 673. The number of aryl methyl sites for hydroxylation is 1. The van der Waals surface area contributed by atoms with Crippen LogP contribution in [0.5, 0.6) is 0 Å². The molecule has 23 heavy (non-hydrogen) atoms. The fraction of sp³-hybridized carbons (Fsp3) is 0.278. The van der Waals surface area contributed by atoms with Gasteiger partial charge in [0.1, 0.15) is 5.82 Å². The first-order valence-corrected chi connectivity index (χ1v) is 8.25. The van der Waals surface area contributed by atoms with Gasteiger partial charge in [-0.05, 0) is 73.2 Å². The molecule has 0 fully saturated rings. The lowest BCUT2D eigenvalue weighted by Gasteiger charge is -2.07. The highest BCUT2D eigenvalue weighted by molar-refractivity contribution is 9.10. The third kappa shape index (κ3) is 5.44. The fourth-order valence-electron chi connectivity index (χ4n) is 2.53. The molecular formula is C18H19BrFNO2. The van der Waals surface area contributed by atoms with Crippen LogP contribution < -0.4 is 5.73 Å². The number of hydrogen-bond acceptors (Lipinski definition) is 2. The number of aliphatic hydroxyl groups is 1. The van der Waals surface area contributed by atoms with Crippen LogP contribution >= 0.6 is 15.9 Å². The van der Waals surface area contributed by atoms with Gasteiger partial charge in [-0.2, -0.15) is 0 Å². The van der Waals surface area contributed by atoms with E-state index >= 15 is 0 Å². The number of amides is 1. The van der Waals surface area contributed by atoms with E-state index in [-0.39, 0.29) is 11.9 Å². The molecule has 3 rings (SSSR count). The van der Waals surface area contributed by atoms with E-state index in [0.717, 1.165) is 30.2 Å². The summed E-state index contributed by atoms with van der Waals surface area (Å²) in [6, 6.07) is 11.5. The number of rotatable bonds is 1. The number of halogens is 2. The topological polar surface area (TPSA) is 63.3 Å². The lowest BCUT2D eigenvalue weighted by Crippen LogP contribution is -2.10. The van der Waals surface area contributed by atoms with Gasteiger partial charge in [-0.3, -0.25) is 4.79 Å². The smallest absolute Gasteiger partial charge is 0.248 e. The average Bonchev–Trinajstić information content (AvgIpc) is 2.68. The largest absolute Gasteiger partial charge is 0.393 e. The van der Waals surface area contributed by atoms with E-state index in [4.69, 9.17) is 5.73 Å². The Morgan fingerprint density at radius 2 is 1.87 bits per heavy atom. The molecule has 0 bridgehead atoms. The second-order valence-electron chi connectivity index (χ2n) is 5.53. The van der Waals surface area contributed by atoms with Crippen molar-refractivity contribution in [3.05, 3.63) is 69.4 Å². The van der Waals surface area contributed by atoms with E-state index in [0.29, 0.717) is 5.56 Å². The number of benzene rings is 2. The van der Waals surface area contributed by atoms with Crippen molar-refractivity contribution in [3.63, 3.8) is 0 Å². The summed E-state index contributed by atoms with van der Waals surface area (Å²) in [4.78, 5) is 10.4. The van der Waals surface area contributed by atoms with Gasteiger partial charge in [-0.25, -0.2) is 4.39 Å². The summed E-state index contributed by atoms with van der Waals surface area (Å²) in [7, 11) is 0. The first-order valence-electron chi connectivity index (χ1n) is 7.46. The molecule has 2 aromatic rings.